The van der Waals surface area contributed by atoms with Gasteiger partial charge in [-0.25, -0.2) is 0 Å². The van der Waals surface area contributed by atoms with Crippen molar-refractivity contribution < 1.29 is 4.79 Å². The van der Waals surface area contributed by atoms with Crippen molar-refractivity contribution >= 4 is 35.8 Å². The second-order valence-electron chi connectivity index (χ2n) is 7.55. The summed E-state index contributed by atoms with van der Waals surface area (Å²) in [5, 5.41) is 9.68. The lowest BCUT2D eigenvalue weighted by Gasteiger charge is -2.35. The highest BCUT2D eigenvalue weighted by atomic mass is 127. The maximum Gasteiger partial charge on any atom is 0.225 e. The molecular formula is C17H36IN5O. The Kier molecular flexibility index (Phi) is 10.9. The number of halogens is 1. The van der Waals surface area contributed by atoms with Crippen molar-refractivity contribution in [1.29, 1.82) is 0 Å². The van der Waals surface area contributed by atoms with Crippen LogP contribution in [0.4, 0.5) is 0 Å². The molecule has 0 radical (unpaired) electrons. The molecule has 1 rings (SSSR count). The molecule has 1 saturated heterocycles. The molecule has 0 unspecified atom stereocenters. The van der Waals surface area contributed by atoms with Crippen molar-refractivity contribution in [2.24, 2.45) is 10.4 Å². The lowest BCUT2D eigenvalue weighted by Crippen LogP contribution is -2.50. The molecule has 0 aliphatic carbocycles. The predicted octanol–water partition coefficient (Wildman–Crippen LogP) is 1.80. The lowest BCUT2D eigenvalue weighted by molar-refractivity contribution is -0.128. The Hall–Kier alpha value is -0.570. The number of rotatable bonds is 5. The van der Waals surface area contributed by atoms with E-state index < -0.39 is 0 Å². The minimum absolute atomic E-state index is 0. The summed E-state index contributed by atoms with van der Waals surface area (Å²) in [5.41, 5.74) is -0.343. The molecule has 6 nitrogen and oxygen atoms in total. The zero-order valence-corrected chi connectivity index (χ0v) is 18.4. The van der Waals surface area contributed by atoms with Gasteiger partial charge < -0.3 is 20.9 Å². The Morgan fingerprint density at radius 3 is 2.17 bits per heavy atom. The maximum absolute atomic E-state index is 11.8. The fourth-order valence-electron chi connectivity index (χ4n) is 2.57. The van der Waals surface area contributed by atoms with Crippen molar-refractivity contribution in [1.82, 2.24) is 20.9 Å². The van der Waals surface area contributed by atoms with Crippen LogP contribution in [-0.4, -0.2) is 62.1 Å². The first-order valence-electron chi connectivity index (χ1n) is 8.73. The summed E-state index contributed by atoms with van der Waals surface area (Å²) >= 11 is 0. The van der Waals surface area contributed by atoms with Crippen LogP contribution in [-0.2, 0) is 4.79 Å². The number of aliphatic imine (C=N–C) groups is 1. The van der Waals surface area contributed by atoms with Crippen molar-refractivity contribution in [3.05, 3.63) is 0 Å². The quantitative estimate of drug-likeness (QED) is 0.257. The molecule has 0 spiro atoms. The van der Waals surface area contributed by atoms with E-state index in [0.29, 0.717) is 25.2 Å². The van der Waals surface area contributed by atoms with E-state index in [4.69, 9.17) is 0 Å². The van der Waals surface area contributed by atoms with Crippen molar-refractivity contribution in [2.45, 2.75) is 59.5 Å². The average molecular weight is 453 g/mol. The number of piperidine rings is 1. The summed E-state index contributed by atoms with van der Waals surface area (Å²) in [6.07, 6.45) is 2.28. The van der Waals surface area contributed by atoms with Crippen LogP contribution in [0.5, 0.6) is 0 Å². The molecule has 0 aromatic rings. The van der Waals surface area contributed by atoms with Crippen LogP contribution in [0.15, 0.2) is 4.99 Å². The minimum atomic E-state index is -0.343. The normalized spacial score (nSPS) is 17.4. The van der Waals surface area contributed by atoms with E-state index in [1.165, 1.54) is 0 Å². The van der Waals surface area contributed by atoms with Gasteiger partial charge in [0.05, 0.1) is 0 Å². The van der Waals surface area contributed by atoms with E-state index >= 15 is 0 Å². The summed E-state index contributed by atoms with van der Waals surface area (Å²) in [5.74, 6) is 0.890. The molecule has 0 aromatic carbocycles. The van der Waals surface area contributed by atoms with Gasteiger partial charge in [0.15, 0.2) is 5.96 Å². The number of guanidine groups is 1. The molecule has 1 heterocycles. The minimum Gasteiger partial charge on any atom is -0.355 e. The summed E-state index contributed by atoms with van der Waals surface area (Å²) in [4.78, 5) is 18.6. The molecule has 3 N–H and O–H groups in total. The van der Waals surface area contributed by atoms with Crippen LogP contribution >= 0.6 is 24.0 Å². The average Bonchev–Trinajstić information content (AvgIpc) is 2.49. The largest absolute Gasteiger partial charge is 0.355 e. The van der Waals surface area contributed by atoms with Gasteiger partial charge >= 0.3 is 0 Å². The smallest absolute Gasteiger partial charge is 0.225 e. The SMILES string of the molecule is CN=C(NCCNC(=O)C(C)(C)C)NC1CCN(C(C)C)CC1.I. The highest BCUT2D eigenvalue weighted by Crippen LogP contribution is 2.13. The summed E-state index contributed by atoms with van der Waals surface area (Å²) in [7, 11) is 1.78. The predicted molar refractivity (Wildman–Crippen MR) is 112 cm³/mol. The highest BCUT2D eigenvalue weighted by Gasteiger charge is 2.22. The van der Waals surface area contributed by atoms with Gasteiger partial charge in [0.25, 0.3) is 0 Å². The Balaban J connectivity index is 0.00000529. The first-order chi connectivity index (χ1) is 10.7. The molecule has 0 saturated carbocycles. The molecule has 7 heteroatoms. The van der Waals surface area contributed by atoms with Gasteiger partial charge in [-0.05, 0) is 26.7 Å². The summed E-state index contributed by atoms with van der Waals surface area (Å²) in [6, 6.07) is 1.10. The van der Waals surface area contributed by atoms with Gasteiger partial charge in [-0.1, -0.05) is 20.8 Å². The van der Waals surface area contributed by atoms with Gasteiger partial charge in [-0.2, -0.15) is 0 Å². The Morgan fingerprint density at radius 2 is 1.71 bits per heavy atom. The molecule has 24 heavy (non-hydrogen) atoms. The lowest BCUT2D eigenvalue weighted by atomic mass is 9.96. The van der Waals surface area contributed by atoms with Gasteiger partial charge in [0.2, 0.25) is 5.91 Å². The molecule has 0 atom stereocenters. The number of nitrogens with one attached hydrogen (secondary N) is 3. The van der Waals surface area contributed by atoms with Crippen molar-refractivity contribution in [3.63, 3.8) is 0 Å². The first kappa shape index (κ1) is 23.4. The number of likely N-dealkylation sites (tertiary alicyclic amines) is 1. The van der Waals surface area contributed by atoms with Crippen LogP contribution in [0.3, 0.4) is 0 Å². The topological polar surface area (TPSA) is 68.8 Å². The standard InChI is InChI=1S/C17H35N5O.HI/c1-13(2)22-11-7-14(8-12-22)21-16(18-6)20-10-9-19-15(23)17(3,4)5;/h13-14H,7-12H2,1-6H3,(H,19,23)(H2,18,20,21);1H. The first-order valence-corrected chi connectivity index (χ1v) is 8.73. The fourth-order valence-corrected chi connectivity index (χ4v) is 2.57. The Labute approximate surface area is 164 Å². The molecule has 1 amide bonds. The second-order valence-corrected chi connectivity index (χ2v) is 7.55. The number of hydrogen-bond donors (Lipinski definition) is 3. The van der Waals surface area contributed by atoms with Crippen LogP contribution in [0, 0.1) is 5.41 Å². The number of nitrogens with zero attached hydrogens (tertiary/aromatic N) is 2. The fraction of sp³-hybridized carbons (Fsp3) is 0.882. The molecule has 1 fully saturated rings. The summed E-state index contributed by atoms with van der Waals surface area (Å²) < 4.78 is 0. The summed E-state index contributed by atoms with van der Waals surface area (Å²) in [6.45, 7) is 13.8. The molecule has 1 aliphatic rings. The van der Waals surface area contributed by atoms with Crippen LogP contribution in [0.2, 0.25) is 0 Å². The molecule has 0 bridgehead atoms. The zero-order chi connectivity index (χ0) is 17.5. The monoisotopic (exact) mass is 453 g/mol. The van der Waals surface area contributed by atoms with Gasteiger partial charge in [-0.3, -0.25) is 9.79 Å². The van der Waals surface area contributed by atoms with Crippen LogP contribution in [0.25, 0.3) is 0 Å². The van der Waals surface area contributed by atoms with E-state index in [0.717, 1.165) is 31.9 Å². The third-order valence-electron chi connectivity index (χ3n) is 4.21. The van der Waals surface area contributed by atoms with E-state index in [2.05, 4.69) is 39.7 Å². The number of amides is 1. The van der Waals surface area contributed by atoms with E-state index in [-0.39, 0.29) is 35.3 Å². The van der Waals surface area contributed by atoms with Gasteiger partial charge in [0, 0.05) is 50.7 Å². The number of hydrogen-bond acceptors (Lipinski definition) is 3. The number of carbonyl (C=O) groups excluding carboxylic acids is 1. The maximum atomic E-state index is 11.8. The Bertz CT molecular complexity index is 398. The van der Waals surface area contributed by atoms with Gasteiger partial charge in [-0.15, -0.1) is 24.0 Å². The second kappa shape index (κ2) is 11.1. The molecule has 1 aliphatic heterocycles. The van der Waals surface area contributed by atoms with Crippen molar-refractivity contribution in [3.8, 4) is 0 Å². The number of carbonyl (C=O) groups is 1. The third kappa shape index (κ3) is 8.50. The van der Waals surface area contributed by atoms with Crippen LogP contribution < -0.4 is 16.0 Å². The van der Waals surface area contributed by atoms with Crippen molar-refractivity contribution in [2.75, 3.05) is 33.2 Å². The van der Waals surface area contributed by atoms with E-state index in [1.54, 1.807) is 7.05 Å². The zero-order valence-electron chi connectivity index (χ0n) is 16.1. The molecule has 0 aromatic heterocycles. The molecule has 142 valence electrons. The van der Waals surface area contributed by atoms with Gasteiger partial charge in [0.1, 0.15) is 0 Å². The highest BCUT2D eigenvalue weighted by molar-refractivity contribution is 14.0. The third-order valence-corrected chi connectivity index (χ3v) is 4.21. The van der Waals surface area contributed by atoms with E-state index in [1.807, 2.05) is 20.8 Å². The molecular weight excluding hydrogens is 417 g/mol. The Morgan fingerprint density at radius 1 is 1.17 bits per heavy atom. The van der Waals surface area contributed by atoms with Crippen LogP contribution in [0.1, 0.15) is 47.5 Å². The van der Waals surface area contributed by atoms with E-state index in [9.17, 15) is 4.79 Å².